The molecule has 136 valence electrons. The maximum atomic E-state index is 12.2. The minimum Gasteiger partial charge on any atom is -0.444 e. The summed E-state index contributed by atoms with van der Waals surface area (Å²) in [7, 11) is 0. The number of carbonyl (C=O) groups is 1. The van der Waals surface area contributed by atoms with E-state index in [-0.39, 0.29) is 6.09 Å². The maximum Gasteiger partial charge on any atom is 0.410 e. The summed E-state index contributed by atoms with van der Waals surface area (Å²) in [5.74, 6) is 0. The summed E-state index contributed by atoms with van der Waals surface area (Å²) in [5.41, 5.74) is 11.4. The molecular weight excluding hydrogens is 433 g/mol. The fourth-order valence-electron chi connectivity index (χ4n) is 2.78. The van der Waals surface area contributed by atoms with E-state index in [1.54, 1.807) is 4.90 Å². The van der Waals surface area contributed by atoms with Crippen molar-refractivity contribution >= 4 is 34.4 Å². The van der Waals surface area contributed by atoms with Crippen LogP contribution in [-0.4, -0.2) is 42.8 Å². The quantitative estimate of drug-likeness (QED) is 0.291. The molecular formula is C17H24IN5O2. The van der Waals surface area contributed by atoms with E-state index in [4.69, 9.17) is 10.3 Å². The van der Waals surface area contributed by atoms with Gasteiger partial charge < -0.3 is 14.5 Å². The average molecular weight is 457 g/mol. The number of halogens is 1. The van der Waals surface area contributed by atoms with Gasteiger partial charge in [0.2, 0.25) is 0 Å². The van der Waals surface area contributed by atoms with Gasteiger partial charge >= 0.3 is 6.09 Å². The second-order valence-corrected chi connectivity index (χ2v) is 8.30. The van der Waals surface area contributed by atoms with Crippen LogP contribution in [0.15, 0.2) is 17.2 Å². The molecule has 0 bridgehead atoms. The van der Waals surface area contributed by atoms with Gasteiger partial charge in [-0.2, -0.15) is 0 Å². The van der Waals surface area contributed by atoms with Crippen molar-refractivity contribution in [2.45, 2.75) is 39.8 Å². The van der Waals surface area contributed by atoms with Crippen molar-refractivity contribution in [3.8, 4) is 0 Å². The predicted molar refractivity (Wildman–Crippen MR) is 107 cm³/mol. The highest BCUT2D eigenvalue weighted by atomic mass is 127. The minimum atomic E-state index is -0.476. The Morgan fingerprint density at radius 1 is 1.32 bits per heavy atom. The van der Waals surface area contributed by atoms with Crippen molar-refractivity contribution in [1.82, 2.24) is 4.90 Å². The zero-order valence-electron chi connectivity index (χ0n) is 15.1. The van der Waals surface area contributed by atoms with E-state index in [0.29, 0.717) is 19.6 Å². The van der Waals surface area contributed by atoms with Crippen LogP contribution in [0.25, 0.3) is 10.4 Å². The van der Waals surface area contributed by atoms with Crippen molar-refractivity contribution in [3.63, 3.8) is 0 Å². The monoisotopic (exact) mass is 457 g/mol. The number of ether oxygens (including phenoxy) is 1. The summed E-state index contributed by atoms with van der Waals surface area (Å²) < 4.78 is 6.55. The lowest BCUT2D eigenvalue weighted by Crippen LogP contribution is -2.50. The first-order valence-electron chi connectivity index (χ1n) is 8.24. The minimum absolute atomic E-state index is 0.254. The molecule has 0 radical (unpaired) electrons. The number of amides is 1. The van der Waals surface area contributed by atoms with Gasteiger partial charge in [0.25, 0.3) is 0 Å². The van der Waals surface area contributed by atoms with Crippen molar-refractivity contribution in [3.05, 3.63) is 37.3 Å². The smallest absolute Gasteiger partial charge is 0.410 e. The summed E-state index contributed by atoms with van der Waals surface area (Å²) in [4.78, 5) is 19.1. The Morgan fingerprint density at radius 3 is 2.52 bits per heavy atom. The van der Waals surface area contributed by atoms with Gasteiger partial charge in [0.1, 0.15) is 5.60 Å². The summed E-state index contributed by atoms with van der Waals surface area (Å²) in [6.07, 6.45) is -0.254. The summed E-state index contributed by atoms with van der Waals surface area (Å²) in [6, 6.07) is 4.18. The van der Waals surface area contributed by atoms with Crippen LogP contribution in [-0.2, 0) is 11.3 Å². The molecule has 1 aromatic carbocycles. The average Bonchev–Trinajstić information content (AvgIpc) is 2.54. The van der Waals surface area contributed by atoms with E-state index in [1.165, 1.54) is 0 Å². The van der Waals surface area contributed by atoms with Crippen molar-refractivity contribution in [2.24, 2.45) is 5.11 Å². The van der Waals surface area contributed by atoms with E-state index in [0.717, 1.165) is 33.5 Å². The number of rotatable bonds is 3. The lowest BCUT2D eigenvalue weighted by Gasteiger charge is -2.37. The zero-order chi connectivity index (χ0) is 18.6. The number of nitrogens with zero attached hydrogens (tertiary/aromatic N) is 5. The molecule has 1 aromatic rings. The Morgan fingerprint density at radius 2 is 1.96 bits per heavy atom. The van der Waals surface area contributed by atoms with Gasteiger partial charge in [-0.1, -0.05) is 5.11 Å². The number of benzene rings is 1. The third-order valence-corrected chi connectivity index (χ3v) is 4.65. The summed E-state index contributed by atoms with van der Waals surface area (Å²) in [6.45, 7) is 10.8. The SMILES string of the molecule is Cc1c(CN=[N+]=[N-])cc(I)cc1N1CCN(C(=O)OC(C)(C)C)CC1. The first-order chi connectivity index (χ1) is 11.7. The molecule has 0 saturated carbocycles. The molecule has 0 aromatic heterocycles. The first kappa shape index (κ1) is 19.7. The Hall–Kier alpha value is -1.67. The maximum absolute atomic E-state index is 12.2. The molecule has 0 aliphatic carbocycles. The number of hydrogen-bond acceptors (Lipinski definition) is 4. The third kappa shape index (κ3) is 5.40. The van der Waals surface area contributed by atoms with Crippen LogP contribution in [0.3, 0.4) is 0 Å². The van der Waals surface area contributed by atoms with Crippen molar-refractivity contribution in [2.75, 3.05) is 31.1 Å². The molecule has 1 amide bonds. The molecule has 8 heteroatoms. The highest BCUT2D eigenvalue weighted by Crippen LogP contribution is 2.28. The highest BCUT2D eigenvalue weighted by Gasteiger charge is 2.26. The first-order valence-corrected chi connectivity index (χ1v) is 9.32. The number of anilines is 1. The molecule has 0 atom stereocenters. The van der Waals surface area contributed by atoms with Gasteiger partial charge in [-0.15, -0.1) is 0 Å². The molecule has 1 aliphatic rings. The number of hydrogen-bond donors (Lipinski definition) is 0. The summed E-state index contributed by atoms with van der Waals surface area (Å²) >= 11 is 2.28. The van der Waals surface area contributed by atoms with Crippen LogP contribution < -0.4 is 4.90 Å². The second kappa shape index (κ2) is 8.14. The fraction of sp³-hybridized carbons (Fsp3) is 0.588. The van der Waals surface area contributed by atoms with Gasteiger partial charge in [0.05, 0.1) is 6.54 Å². The van der Waals surface area contributed by atoms with E-state index in [9.17, 15) is 4.79 Å². The Kier molecular flexibility index (Phi) is 6.40. The van der Waals surface area contributed by atoms with Gasteiger partial charge in [-0.25, -0.2) is 4.79 Å². The molecule has 1 fully saturated rings. The largest absolute Gasteiger partial charge is 0.444 e. The normalized spacial score (nSPS) is 14.9. The Labute approximate surface area is 162 Å². The Balaban J connectivity index is 2.09. The van der Waals surface area contributed by atoms with E-state index in [1.807, 2.05) is 33.8 Å². The predicted octanol–water partition coefficient (Wildman–Crippen LogP) is 4.47. The van der Waals surface area contributed by atoms with E-state index < -0.39 is 5.60 Å². The van der Waals surface area contributed by atoms with Crippen LogP contribution in [0.1, 0.15) is 31.9 Å². The highest BCUT2D eigenvalue weighted by molar-refractivity contribution is 14.1. The number of piperazine rings is 1. The molecule has 1 saturated heterocycles. The number of carbonyl (C=O) groups excluding carboxylic acids is 1. The van der Waals surface area contributed by atoms with E-state index >= 15 is 0 Å². The van der Waals surface area contributed by atoms with Crippen LogP contribution >= 0.6 is 22.6 Å². The fourth-order valence-corrected chi connectivity index (χ4v) is 3.45. The third-order valence-electron chi connectivity index (χ3n) is 4.03. The molecule has 1 aliphatic heterocycles. The second-order valence-electron chi connectivity index (χ2n) is 7.05. The lowest BCUT2D eigenvalue weighted by atomic mass is 10.1. The molecule has 0 spiro atoms. The van der Waals surface area contributed by atoms with Gasteiger partial charge in [0, 0.05) is 40.3 Å². The van der Waals surface area contributed by atoms with E-state index in [2.05, 4.69) is 43.6 Å². The molecule has 25 heavy (non-hydrogen) atoms. The number of azide groups is 1. The topological polar surface area (TPSA) is 81.5 Å². The molecule has 2 rings (SSSR count). The molecule has 1 heterocycles. The lowest BCUT2D eigenvalue weighted by molar-refractivity contribution is 0.0240. The van der Waals surface area contributed by atoms with Crippen LogP contribution in [0.2, 0.25) is 0 Å². The van der Waals surface area contributed by atoms with Crippen molar-refractivity contribution < 1.29 is 9.53 Å². The van der Waals surface area contributed by atoms with Crippen molar-refractivity contribution in [1.29, 1.82) is 0 Å². The molecule has 7 nitrogen and oxygen atoms in total. The van der Waals surface area contributed by atoms with Crippen LogP contribution in [0.4, 0.5) is 10.5 Å². The van der Waals surface area contributed by atoms with Gasteiger partial charge in [0.15, 0.2) is 0 Å². The zero-order valence-corrected chi connectivity index (χ0v) is 17.3. The Bertz CT molecular complexity index is 687. The standard InChI is InChI=1S/C17H24IN5O2/c1-12-13(11-20-21-19)9-14(18)10-15(12)22-5-7-23(8-6-22)16(24)25-17(2,3)4/h9-10H,5-8,11H2,1-4H3. The van der Waals surface area contributed by atoms with Crippen LogP contribution in [0.5, 0.6) is 0 Å². The molecule has 0 N–H and O–H groups in total. The van der Waals surface area contributed by atoms with Gasteiger partial charge in [-0.3, -0.25) is 0 Å². The van der Waals surface area contributed by atoms with Crippen LogP contribution in [0, 0.1) is 10.5 Å². The molecule has 0 unspecified atom stereocenters. The van der Waals surface area contributed by atoms with Gasteiger partial charge in [-0.05, 0) is 79.1 Å². The summed E-state index contributed by atoms with van der Waals surface area (Å²) in [5, 5.41) is 3.69.